The molecule has 1 aromatic carbocycles. The standard InChI is InChI=1S/C20H25N3O2S/c1-3-22-12-20(9-7-18(22)24)8-4-10-23(13-20)19(25)15-5-6-16-17(11-15)26-14(2)21-16/h5-6,11H,3-4,7-10,12-13H2,1-2H3/t20-/m1/s1. The van der Waals surface area contributed by atoms with Gasteiger partial charge in [0.25, 0.3) is 5.91 Å². The summed E-state index contributed by atoms with van der Waals surface area (Å²) in [6.07, 6.45) is 3.63. The average Bonchev–Trinajstić information content (AvgIpc) is 3.02. The molecule has 1 atom stereocenters. The zero-order valence-electron chi connectivity index (χ0n) is 15.5. The molecule has 26 heavy (non-hydrogen) atoms. The fraction of sp³-hybridized carbons (Fsp3) is 0.550. The van der Waals surface area contributed by atoms with Crippen molar-refractivity contribution in [2.24, 2.45) is 5.41 Å². The maximum absolute atomic E-state index is 13.1. The van der Waals surface area contributed by atoms with Crippen molar-refractivity contribution in [3.05, 3.63) is 28.8 Å². The smallest absolute Gasteiger partial charge is 0.253 e. The number of aryl methyl sites for hydroxylation is 1. The van der Waals surface area contributed by atoms with Gasteiger partial charge in [-0.3, -0.25) is 9.59 Å². The molecular formula is C20H25N3O2S. The number of fused-ring (bicyclic) bond motifs is 1. The third-order valence-electron chi connectivity index (χ3n) is 5.82. The summed E-state index contributed by atoms with van der Waals surface area (Å²) in [6.45, 7) is 7.14. The summed E-state index contributed by atoms with van der Waals surface area (Å²) >= 11 is 1.63. The SMILES string of the molecule is CCN1C[C@@]2(CCCN(C(=O)c3ccc4nc(C)sc4c3)C2)CCC1=O. The lowest BCUT2D eigenvalue weighted by Crippen LogP contribution is -2.55. The molecule has 1 spiro atoms. The van der Waals surface area contributed by atoms with E-state index in [1.807, 2.05) is 41.8 Å². The number of hydrogen-bond donors (Lipinski definition) is 0. The molecule has 0 radical (unpaired) electrons. The number of rotatable bonds is 2. The lowest BCUT2D eigenvalue weighted by atomic mass is 9.73. The second-order valence-electron chi connectivity index (χ2n) is 7.65. The Morgan fingerprint density at radius 1 is 1.31 bits per heavy atom. The molecule has 2 fully saturated rings. The summed E-state index contributed by atoms with van der Waals surface area (Å²) in [6, 6.07) is 5.82. The fourth-order valence-electron chi connectivity index (χ4n) is 4.46. The van der Waals surface area contributed by atoms with Crippen LogP contribution in [-0.2, 0) is 4.79 Å². The summed E-state index contributed by atoms with van der Waals surface area (Å²) in [5, 5.41) is 1.02. The van der Waals surface area contributed by atoms with Crippen molar-refractivity contribution in [2.75, 3.05) is 26.2 Å². The number of carbonyl (C=O) groups is 2. The van der Waals surface area contributed by atoms with Gasteiger partial charge in [-0.2, -0.15) is 0 Å². The maximum Gasteiger partial charge on any atom is 0.253 e. The topological polar surface area (TPSA) is 53.5 Å². The van der Waals surface area contributed by atoms with Crippen LogP contribution in [0.2, 0.25) is 0 Å². The molecule has 0 bridgehead atoms. The maximum atomic E-state index is 13.1. The first kappa shape index (κ1) is 17.5. The summed E-state index contributed by atoms with van der Waals surface area (Å²) in [5.74, 6) is 0.365. The van der Waals surface area contributed by atoms with Crippen LogP contribution in [0.3, 0.4) is 0 Å². The number of aromatic nitrogens is 1. The van der Waals surface area contributed by atoms with Gasteiger partial charge in [-0.25, -0.2) is 4.98 Å². The molecule has 4 rings (SSSR count). The first-order valence-electron chi connectivity index (χ1n) is 9.44. The molecule has 3 heterocycles. The Morgan fingerprint density at radius 2 is 2.15 bits per heavy atom. The minimum Gasteiger partial charge on any atom is -0.342 e. The van der Waals surface area contributed by atoms with Crippen LogP contribution in [0.1, 0.15) is 48.0 Å². The predicted molar refractivity (Wildman–Crippen MR) is 103 cm³/mol. The van der Waals surface area contributed by atoms with Crippen molar-refractivity contribution >= 4 is 33.4 Å². The number of piperidine rings is 2. The molecule has 1 aromatic heterocycles. The normalized spacial score (nSPS) is 23.8. The summed E-state index contributed by atoms with van der Waals surface area (Å²) in [7, 11) is 0. The van der Waals surface area contributed by atoms with E-state index in [1.165, 1.54) is 0 Å². The average molecular weight is 372 g/mol. The second-order valence-corrected chi connectivity index (χ2v) is 8.89. The molecule has 2 amide bonds. The van der Waals surface area contributed by atoms with Crippen molar-refractivity contribution in [2.45, 2.75) is 39.5 Å². The molecule has 2 aromatic rings. The molecule has 0 unspecified atom stereocenters. The first-order valence-corrected chi connectivity index (χ1v) is 10.3. The Hall–Kier alpha value is -1.95. The van der Waals surface area contributed by atoms with Gasteiger partial charge in [0.1, 0.15) is 0 Å². The van der Waals surface area contributed by atoms with Gasteiger partial charge >= 0.3 is 0 Å². The van der Waals surface area contributed by atoms with Crippen LogP contribution in [0.15, 0.2) is 18.2 Å². The highest BCUT2D eigenvalue weighted by Gasteiger charge is 2.42. The van der Waals surface area contributed by atoms with Crippen LogP contribution in [0, 0.1) is 12.3 Å². The molecule has 0 N–H and O–H groups in total. The lowest BCUT2D eigenvalue weighted by molar-refractivity contribution is -0.138. The van der Waals surface area contributed by atoms with Gasteiger partial charge in [0, 0.05) is 43.6 Å². The predicted octanol–water partition coefficient (Wildman–Crippen LogP) is 3.47. The molecule has 2 saturated heterocycles. The second kappa shape index (κ2) is 6.65. The van der Waals surface area contributed by atoms with Crippen LogP contribution < -0.4 is 0 Å². The Balaban J connectivity index is 1.54. The highest BCUT2D eigenvalue weighted by Crippen LogP contribution is 2.39. The largest absolute Gasteiger partial charge is 0.342 e. The number of nitrogens with zero attached hydrogens (tertiary/aromatic N) is 3. The number of carbonyl (C=O) groups excluding carboxylic acids is 2. The van der Waals surface area contributed by atoms with Gasteiger partial charge in [-0.1, -0.05) is 0 Å². The first-order chi connectivity index (χ1) is 12.5. The quantitative estimate of drug-likeness (QED) is 0.812. The minimum atomic E-state index is 0.0724. The Bertz CT molecular complexity index is 862. The van der Waals surface area contributed by atoms with Gasteiger partial charge in [-0.05, 0) is 51.3 Å². The van der Waals surface area contributed by atoms with Crippen LogP contribution in [0.25, 0.3) is 10.2 Å². The van der Waals surface area contributed by atoms with E-state index < -0.39 is 0 Å². The van der Waals surface area contributed by atoms with Crippen LogP contribution in [0.4, 0.5) is 0 Å². The number of hydrogen-bond acceptors (Lipinski definition) is 4. The van der Waals surface area contributed by atoms with E-state index in [4.69, 9.17) is 0 Å². The Morgan fingerprint density at radius 3 is 2.96 bits per heavy atom. The monoisotopic (exact) mass is 371 g/mol. The molecule has 2 aliphatic rings. The van der Waals surface area contributed by atoms with Crippen molar-refractivity contribution in [3.8, 4) is 0 Å². The van der Waals surface area contributed by atoms with Crippen molar-refractivity contribution < 1.29 is 9.59 Å². The molecular weight excluding hydrogens is 346 g/mol. The number of likely N-dealkylation sites (tertiary alicyclic amines) is 2. The van der Waals surface area contributed by atoms with Crippen LogP contribution >= 0.6 is 11.3 Å². The number of amides is 2. The number of benzene rings is 1. The van der Waals surface area contributed by atoms with E-state index >= 15 is 0 Å². The molecule has 5 nitrogen and oxygen atoms in total. The zero-order chi connectivity index (χ0) is 18.3. The fourth-order valence-corrected chi connectivity index (χ4v) is 5.33. The number of thiazole rings is 1. The molecule has 2 aliphatic heterocycles. The van der Waals surface area contributed by atoms with Gasteiger partial charge in [0.05, 0.1) is 15.2 Å². The van der Waals surface area contributed by atoms with Crippen LogP contribution in [0.5, 0.6) is 0 Å². The van der Waals surface area contributed by atoms with Gasteiger partial charge in [-0.15, -0.1) is 11.3 Å². The van der Waals surface area contributed by atoms with E-state index in [-0.39, 0.29) is 17.2 Å². The van der Waals surface area contributed by atoms with E-state index in [9.17, 15) is 9.59 Å². The van der Waals surface area contributed by atoms with Crippen molar-refractivity contribution in [1.82, 2.24) is 14.8 Å². The minimum absolute atomic E-state index is 0.0724. The van der Waals surface area contributed by atoms with E-state index in [0.717, 1.165) is 66.2 Å². The van der Waals surface area contributed by atoms with Crippen LogP contribution in [-0.4, -0.2) is 52.8 Å². The third-order valence-corrected chi connectivity index (χ3v) is 6.75. The van der Waals surface area contributed by atoms with Gasteiger partial charge in [0.2, 0.25) is 5.91 Å². The summed E-state index contributed by atoms with van der Waals surface area (Å²) in [4.78, 5) is 33.6. The zero-order valence-corrected chi connectivity index (χ0v) is 16.3. The third kappa shape index (κ3) is 3.11. The Kier molecular flexibility index (Phi) is 4.47. The summed E-state index contributed by atoms with van der Waals surface area (Å²) < 4.78 is 1.07. The molecule has 138 valence electrons. The van der Waals surface area contributed by atoms with Crippen molar-refractivity contribution in [1.29, 1.82) is 0 Å². The lowest BCUT2D eigenvalue weighted by Gasteiger charge is -2.48. The van der Waals surface area contributed by atoms with Crippen molar-refractivity contribution in [3.63, 3.8) is 0 Å². The van der Waals surface area contributed by atoms with Gasteiger partial charge in [0.15, 0.2) is 0 Å². The molecule has 0 saturated carbocycles. The van der Waals surface area contributed by atoms with E-state index in [2.05, 4.69) is 4.98 Å². The highest BCUT2D eigenvalue weighted by atomic mass is 32.1. The molecule has 6 heteroatoms. The molecule has 0 aliphatic carbocycles. The highest BCUT2D eigenvalue weighted by molar-refractivity contribution is 7.18. The van der Waals surface area contributed by atoms with Gasteiger partial charge < -0.3 is 9.80 Å². The summed E-state index contributed by atoms with van der Waals surface area (Å²) in [5.41, 5.74) is 1.78. The Labute approximate surface area is 158 Å². The van der Waals surface area contributed by atoms with E-state index in [1.54, 1.807) is 11.3 Å². The van der Waals surface area contributed by atoms with E-state index in [0.29, 0.717) is 6.42 Å².